The van der Waals surface area contributed by atoms with E-state index in [0.717, 1.165) is 17.3 Å². The van der Waals surface area contributed by atoms with Crippen molar-refractivity contribution in [3.8, 4) is 23.0 Å². The molecule has 0 saturated carbocycles. The van der Waals surface area contributed by atoms with Gasteiger partial charge >= 0.3 is 0 Å². The molecule has 7 nitrogen and oxygen atoms in total. The molecule has 3 aromatic rings. The molecule has 9 heteroatoms. The smallest absolute Gasteiger partial charge is 0.277 e. The van der Waals surface area contributed by atoms with Gasteiger partial charge in [0.15, 0.2) is 11.5 Å². The van der Waals surface area contributed by atoms with Crippen LogP contribution in [0, 0.1) is 5.82 Å². The van der Waals surface area contributed by atoms with Gasteiger partial charge in [-0.25, -0.2) is 4.39 Å². The minimum Gasteiger partial charge on any atom is -0.493 e. The van der Waals surface area contributed by atoms with Gasteiger partial charge in [0, 0.05) is 18.7 Å². The fourth-order valence-electron chi connectivity index (χ4n) is 2.80. The molecule has 0 spiro atoms. The van der Waals surface area contributed by atoms with E-state index in [2.05, 4.69) is 10.2 Å². The molecule has 1 heterocycles. The maximum Gasteiger partial charge on any atom is 0.277 e. The number of carbonyl (C=O) groups is 1. The number of thioether (sulfide) groups is 1. The molecule has 0 N–H and O–H groups in total. The molecule has 0 radical (unpaired) electrons. The molecule has 0 saturated heterocycles. The minimum atomic E-state index is -0.320. The summed E-state index contributed by atoms with van der Waals surface area (Å²) in [6.07, 6.45) is 0. The van der Waals surface area contributed by atoms with Gasteiger partial charge in [0.1, 0.15) is 5.82 Å². The van der Waals surface area contributed by atoms with Crippen LogP contribution in [-0.4, -0.2) is 47.5 Å². The second-order valence-electron chi connectivity index (χ2n) is 6.27. The molecule has 3 rings (SSSR count). The Kier molecular flexibility index (Phi) is 7.29. The molecule has 1 aromatic heterocycles. The lowest BCUT2D eigenvalue weighted by Crippen LogP contribution is -2.31. The zero-order chi connectivity index (χ0) is 21.5. The third kappa shape index (κ3) is 5.29. The predicted molar refractivity (Wildman–Crippen MR) is 111 cm³/mol. The van der Waals surface area contributed by atoms with Crippen LogP contribution in [0.3, 0.4) is 0 Å². The van der Waals surface area contributed by atoms with E-state index in [9.17, 15) is 9.18 Å². The second-order valence-corrected chi connectivity index (χ2v) is 7.20. The van der Waals surface area contributed by atoms with Crippen LogP contribution < -0.4 is 9.47 Å². The molecule has 30 heavy (non-hydrogen) atoms. The Morgan fingerprint density at radius 3 is 2.63 bits per heavy atom. The van der Waals surface area contributed by atoms with Crippen molar-refractivity contribution in [2.45, 2.75) is 18.7 Å². The second kappa shape index (κ2) is 10.1. The first-order chi connectivity index (χ1) is 14.5. The van der Waals surface area contributed by atoms with Crippen molar-refractivity contribution < 1.29 is 23.1 Å². The molecule has 0 bridgehead atoms. The third-order valence-electron chi connectivity index (χ3n) is 4.35. The van der Waals surface area contributed by atoms with Crippen LogP contribution in [0.5, 0.6) is 11.5 Å². The van der Waals surface area contributed by atoms with Crippen LogP contribution in [0.15, 0.2) is 52.1 Å². The van der Waals surface area contributed by atoms with Crippen molar-refractivity contribution in [2.24, 2.45) is 0 Å². The number of hydrogen-bond donors (Lipinski definition) is 0. The Hall–Kier alpha value is -3.07. The van der Waals surface area contributed by atoms with Crippen molar-refractivity contribution in [3.63, 3.8) is 0 Å². The number of rotatable bonds is 9. The summed E-state index contributed by atoms with van der Waals surface area (Å²) in [6, 6.07) is 11.5. The van der Waals surface area contributed by atoms with E-state index in [-0.39, 0.29) is 22.7 Å². The Balaban J connectivity index is 1.62. The molecule has 1 amide bonds. The number of carbonyl (C=O) groups excluding carboxylic acids is 1. The van der Waals surface area contributed by atoms with Gasteiger partial charge in [-0.1, -0.05) is 23.9 Å². The van der Waals surface area contributed by atoms with E-state index >= 15 is 0 Å². The average Bonchev–Trinajstić information content (AvgIpc) is 3.24. The fraction of sp³-hybridized carbons (Fsp3) is 0.286. The van der Waals surface area contributed by atoms with Gasteiger partial charge in [0.2, 0.25) is 11.8 Å². The lowest BCUT2D eigenvalue weighted by Gasteiger charge is -2.20. The van der Waals surface area contributed by atoms with E-state index < -0.39 is 0 Å². The fourth-order valence-corrected chi connectivity index (χ4v) is 3.47. The summed E-state index contributed by atoms with van der Waals surface area (Å²) in [4.78, 5) is 14.2. The topological polar surface area (TPSA) is 77.7 Å². The molecule has 2 aromatic carbocycles. The number of ether oxygens (including phenoxy) is 2. The number of hydrogen-bond acceptors (Lipinski definition) is 7. The van der Waals surface area contributed by atoms with Crippen LogP contribution in [-0.2, 0) is 11.3 Å². The molecule has 0 unspecified atom stereocenters. The standard InChI is InChI=1S/C21H22FN3O4S/c1-4-25(12-14-6-5-7-16(22)10-14)19(26)13-30-21-24-23-20(29-21)15-8-9-17(27-2)18(11-15)28-3/h5-11H,4,12-13H2,1-3H3. The monoisotopic (exact) mass is 431 g/mol. The number of methoxy groups -OCH3 is 2. The average molecular weight is 431 g/mol. The summed E-state index contributed by atoms with van der Waals surface area (Å²) >= 11 is 1.16. The highest BCUT2D eigenvalue weighted by atomic mass is 32.2. The first kappa shape index (κ1) is 21.6. The Morgan fingerprint density at radius 2 is 1.93 bits per heavy atom. The molecular formula is C21H22FN3O4S. The van der Waals surface area contributed by atoms with Crippen molar-refractivity contribution in [3.05, 3.63) is 53.8 Å². The number of nitrogens with zero attached hydrogens (tertiary/aromatic N) is 3. The highest BCUT2D eigenvalue weighted by molar-refractivity contribution is 7.99. The predicted octanol–water partition coefficient (Wildman–Crippen LogP) is 4.03. The Labute approximate surface area is 178 Å². The lowest BCUT2D eigenvalue weighted by atomic mass is 10.2. The molecule has 0 fully saturated rings. The highest BCUT2D eigenvalue weighted by Gasteiger charge is 2.17. The van der Waals surface area contributed by atoms with Crippen LogP contribution in [0.25, 0.3) is 11.5 Å². The van der Waals surface area contributed by atoms with Crippen LogP contribution in [0.4, 0.5) is 4.39 Å². The molecular weight excluding hydrogens is 409 g/mol. The minimum absolute atomic E-state index is 0.0994. The number of aromatic nitrogens is 2. The normalized spacial score (nSPS) is 10.7. The quantitative estimate of drug-likeness (QED) is 0.473. The largest absolute Gasteiger partial charge is 0.493 e. The SMILES string of the molecule is CCN(Cc1cccc(F)c1)C(=O)CSc1nnc(-c2ccc(OC)c(OC)c2)o1. The molecule has 0 aliphatic carbocycles. The summed E-state index contributed by atoms with van der Waals surface area (Å²) in [5.41, 5.74) is 1.42. The van der Waals surface area contributed by atoms with E-state index in [1.54, 1.807) is 49.5 Å². The number of halogens is 1. The first-order valence-corrected chi connectivity index (χ1v) is 10.2. The summed E-state index contributed by atoms with van der Waals surface area (Å²) in [5, 5.41) is 8.32. The van der Waals surface area contributed by atoms with Crippen LogP contribution in [0.1, 0.15) is 12.5 Å². The first-order valence-electron chi connectivity index (χ1n) is 9.25. The van der Waals surface area contributed by atoms with Gasteiger partial charge < -0.3 is 18.8 Å². The van der Waals surface area contributed by atoms with Gasteiger partial charge in [-0.15, -0.1) is 10.2 Å². The molecule has 0 atom stereocenters. The molecule has 0 aliphatic rings. The Bertz CT molecular complexity index is 1010. The maximum absolute atomic E-state index is 13.4. The van der Waals surface area contributed by atoms with Gasteiger partial charge in [0.05, 0.1) is 20.0 Å². The zero-order valence-electron chi connectivity index (χ0n) is 16.9. The highest BCUT2D eigenvalue weighted by Crippen LogP contribution is 2.32. The van der Waals surface area contributed by atoms with Gasteiger partial charge in [0.25, 0.3) is 5.22 Å². The van der Waals surface area contributed by atoms with E-state index in [1.807, 2.05) is 6.92 Å². The van der Waals surface area contributed by atoms with E-state index in [4.69, 9.17) is 13.9 Å². The van der Waals surface area contributed by atoms with Crippen LogP contribution in [0.2, 0.25) is 0 Å². The Morgan fingerprint density at radius 1 is 1.13 bits per heavy atom. The number of amides is 1. The van der Waals surface area contributed by atoms with Crippen molar-refractivity contribution >= 4 is 17.7 Å². The van der Waals surface area contributed by atoms with Crippen molar-refractivity contribution in [1.29, 1.82) is 0 Å². The van der Waals surface area contributed by atoms with Gasteiger partial charge in [-0.05, 0) is 42.8 Å². The summed E-state index contributed by atoms with van der Waals surface area (Å²) in [7, 11) is 3.11. The lowest BCUT2D eigenvalue weighted by molar-refractivity contribution is -0.128. The van der Waals surface area contributed by atoms with E-state index in [1.165, 1.54) is 12.1 Å². The summed E-state index contributed by atoms with van der Waals surface area (Å²) in [6.45, 7) is 2.73. The van der Waals surface area contributed by atoms with Gasteiger partial charge in [-0.3, -0.25) is 4.79 Å². The zero-order valence-corrected chi connectivity index (χ0v) is 17.7. The summed E-state index contributed by atoms with van der Waals surface area (Å²) < 4.78 is 29.5. The maximum atomic E-state index is 13.4. The van der Waals surface area contributed by atoms with Crippen molar-refractivity contribution in [1.82, 2.24) is 15.1 Å². The van der Waals surface area contributed by atoms with Crippen molar-refractivity contribution in [2.75, 3.05) is 26.5 Å². The van der Waals surface area contributed by atoms with Gasteiger partial charge in [-0.2, -0.15) is 0 Å². The summed E-state index contributed by atoms with van der Waals surface area (Å²) in [5.74, 6) is 1.18. The van der Waals surface area contributed by atoms with Crippen LogP contribution >= 0.6 is 11.8 Å². The van der Waals surface area contributed by atoms with E-state index in [0.29, 0.717) is 36.0 Å². The molecule has 0 aliphatic heterocycles. The molecule has 158 valence electrons. The third-order valence-corrected chi connectivity index (χ3v) is 5.16. The number of benzene rings is 2.